The second kappa shape index (κ2) is 7.89. The number of para-hydroxylation sites is 2. The number of carbonyl (C=O) groups excluding carboxylic acids is 1. The smallest absolute Gasteiger partial charge is 0.261 e. The van der Waals surface area contributed by atoms with E-state index < -0.39 is 0 Å². The number of nitrogens with one attached hydrogen (secondary N) is 1. The molecule has 0 fully saturated rings. The van der Waals surface area contributed by atoms with E-state index in [4.69, 9.17) is 27.6 Å². The highest BCUT2D eigenvalue weighted by molar-refractivity contribution is 6.36. The van der Waals surface area contributed by atoms with Crippen molar-refractivity contribution in [1.29, 1.82) is 0 Å². The lowest BCUT2D eigenvalue weighted by molar-refractivity contribution is 0.102. The topological polar surface area (TPSA) is 54.6 Å². The maximum absolute atomic E-state index is 12.9. The molecule has 28 heavy (non-hydrogen) atoms. The molecule has 0 spiro atoms. The van der Waals surface area contributed by atoms with Gasteiger partial charge in [0.05, 0.1) is 10.7 Å². The van der Waals surface area contributed by atoms with Gasteiger partial charge < -0.3 is 9.73 Å². The SMILES string of the molecule is O=C(Nc1ccccc1)c1cc2ccccc2oc1=Nc1ccc(Cl)cc1Cl. The molecule has 0 radical (unpaired) electrons. The summed E-state index contributed by atoms with van der Waals surface area (Å²) in [5.41, 5.74) is 2.21. The van der Waals surface area contributed by atoms with Crippen LogP contribution < -0.4 is 10.9 Å². The van der Waals surface area contributed by atoms with Gasteiger partial charge in [0, 0.05) is 16.1 Å². The van der Waals surface area contributed by atoms with E-state index in [0.29, 0.717) is 32.6 Å². The fourth-order valence-corrected chi connectivity index (χ4v) is 3.17. The summed E-state index contributed by atoms with van der Waals surface area (Å²) in [6.45, 7) is 0. The second-order valence-corrected chi connectivity index (χ2v) is 6.87. The quantitative estimate of drug-likeness (QED) is 0.437. The Balaban J connectivity index is 1.87. The molecule has 0 bridgehead atoms. The highest BCUT2D eigenvalue weighted by atomic mass is 35.5. The van der Waals surface area contributed by atoms with Crippen molar-refractivity contribution in [3.63, 3.8) is 0 Å². The molecule has 0 saturated heterocycles. The molecule has 1 N–H and O–H groups in total. The first-order valence-electron chi connectivity index (χ1n) is 8.49. The molecule has 1 aromatic heterocycles. The highest BCUT2D eigenvalue weighted by Gasteiger charge is 2.13. The maximum Gasteiger partial charge on any atom is 0.261 e. The van der Waals surface area contributed by atoms with Gasteiger partial charge >= 0.3 is 0 Å². The predicted molar refractivity (Wildman–Crippen MR) is 112 cm³/mol. The Morgan fingerprint density at radius 2 is 1.64 bits per heavy atom. The minimum absolute atomic E-state index is 0.163. The van der Waals surface area contributed by atoms with Gasteiger partial charge in [-0.2, -0.15) is 0 Å². The molecular weight excluding hydrogens is 395 g/mol. The van der Waals surface area contributed by atoms with Crippen LogP contribution >= 0.6 is 23.2 Å². The number of carbonyl (C=O) groups is 1. The van der Waals surface area contributed by atoms with Crippen LogP contribution in [-0.4, -0.2) is 5.91 Å². The monoisotopic (exact) mass is 408 g/mol. The van der Waals surface area contributed by atoms with Gasteiger partial charge in [-0.25, -0.2) is 4.99 Å². The minimum atomic E-state index is -0.329. The predicted octanol–water partition coefficient (Wildman–Crippen LogP) is 6.22. The molecule has 0 unspecified atom stereocenters. The van der Waals surface area contributed by atoms with Crippen molar-refractivity contribution in [3.05, 3.63) is 100 Å². The molecule has 4 aromatic rings. The van der Waals surface area contributed by atoms with Crippen LogP contribution in [0, 0.1) is 0 Å². The van der Waals surface area contributed by atoms with Crippen molar-refractivity contribution in [2.45, 2.75) is 0 Å². The van der Waals surface area contributed by atoms with Crippen LogP contribution in [0.1, 0.15) is 10.4 Å². The molecule has 4 rings (SSSR count). The lowest BCUT2D eigenvalue weighted by Gasteiger charge is -2.07. The number of benzene rings is 3. The van der Waals surface area contributed by atoms with E-state index in [1.54, 1.807) is 24.3 Å². The molecule has 138 valence electrons. The Hall–Kier alpha value is -3.08. The van der Waals surface area contributed by atoms with E-state index in [1.807, 2.05) is 54.6 Å². The van der Waals surface area contributed by atoms with E-state index in [2.05, 4.69) is 10.3 Å². The summed E-state index contributed by atoms with van der Waals surface area (Å²) < 4.78 is 5.92. The highest BCUT2D eigenvalue weighted by Crippen LogP contribution is 2.27. The normalized spacial score (nSPS) is 11.6. The third-order valence-corrected chi connectivity index (χ3v) is 4.60. The Bertz CT molecular complexity index is 1230. The van der Waals surface area contributed by atoms with Gasteiger partial charge in [-0.05, 0) is 42.5 Å². The summed E-state index contributed by atoms with van der Waals surface area (Å²) in [4.78, 5) is 17.4. The van der Waals surface area contributed by atoms with Crippen LogP contribution in [0.15, 0.2) is 88.3 Å². The molecule has 1 heterocycles. The van der Waals surface area contributed by atoms with E-state index in [1.165, 1.54) is 0 Å². The summed E-state index contributed by atoms with van der Waals surface area (Å²) in [5, 5.41) is 4.52. The molecule has 1 amide bonds. The Kier molecular flexibility index (Phi) is 5.15. The van der Waals surface area contributed by atoms with Crippen LogP contribution in [0.5, 0.6) is 0 Å². The van der Waals surface area contributed by atoms with Gasteiger partial charge in [-0.15, -0.1) is 0 Å². The van der Waals surface area contributed by atoms with Crippen LogP contribution in [-0.2, 0) is 0 Å². The molecule has 0 saturated carbocycles. The first kappa shape index (κ1) is 18.3. The molecule has 0 aliphatic heterocycles. The van der Waals surface area contributed by atoms with Gasteiger partial charge in [-0.3, -0.25) is 4.79 Å². The van der Waals surface area contributed by atoms with Crippen molar-refractivity contribution >= 4 is 51.5 Å². The van der Waals surface area contributed by atoms with Gasteiger partial charge in [-0.1, -0.05) is 59.6 Å². The van der Waals surface area contributed by atoms with E-state index in [9.17, 15) is 4.79 Å². The fraction of sp³-hybridized carbons (Fsp3) is 0. The molecule has 0 aliphatic rings. The summed E-state index contributed by atoms with van der Waals surface area (Å²) in [6.07, 6.45) is 0. The zero-order chi connectivity index (χ0) is 19.5. The summed E-state index contributed by atoms with van der Waals surface area (Å²) >= 11 is 12.2. The summed E-state index contributed by atoms with van der Waals surface area (Å²) in [5.74, 6) is -0.329. The number of hydrogen-bond acceptors (Lipinski definition) is 3. The lowest BCUT2D eigenvalue weighted by Crippen LogP contribution is -2.21. The number of nitrogens with zero attached hydrogens (tertiary/aromatic N) is 1. The van der Waals surface area contributed by atoms with E-state index >= 15 is 0 Å². The fourth-order valence-electron chi connectivity index (χ4n) is 2.72. The van der Waals surface area contributed by atoms with Crippen molar-refractivity contribution < 1.29 is 9.21 Å². The average molecular weight is 409 g/mol. The zero-order valence-corrected chi connectivity index (χ0v) is 16.0. The standard InChI is InChI=1S/C22H14Cl2N2O2/c23-15-10-11-19(18(24)13-15)26-22-17(12-14-6-4-5-9-20(14)28-22)21(27)25-16-7-2-1-3-8-16/h1-13H,(H,25,27). The van der Waals surface area contributed by atoms with Crippen molar-refractivity contribution in [2.24, 2.45) is 4.99 Å². The first-order valence-corrected chi connectivity index (χ1v) is 9.25. The van der Waals surface area contributed by atoms with Crippen molar-refractivity contribution in [3.8, 4) is 0 Å². The number of halogens is 2. The molecule has 0 atom stereocenters. The Labute approximate surface area is 171 Å². The Morgan fingerprint density at radius 1 is 0.893 bits per heavy atom. The first-order chi connectivity index (χ1) is 13.6. The lowest BCUT2D eigenvalue weighted by atomic mass is 10.1. The number of fused-ring (bicyclic) bond motifs is 1. The third-order valence-electron chi connectivity index (χ3n) is 4.06. The third kappa shape index (κ3) is 3.93. The molecule has 3 aromatic carbocycles. The summed E-state index contributed by atoms with van der Waals surface area (Å²) in [6, 6.07) is 23.3. The summed E-state index contributed by atoms with van der Waals surface area (Å²) in [7, 11) is 0. The van der Waals surface area contributed by atoms with Gasteiger partial charge in [0.2, 0.25) is 5.55 Å². The van der Waals surface area contributed by atoms with E-state index in [-0.39, 0.29) is 11.5 Å². The maximum atomic E-state index is 12.9. The second-order valence-electron chi connectivity index (χ2n) is 6.03. The number of rotatable bonds is 3. The molecular formula is C22H14Cl2N2O2. The van der Waals surface area contributed by atoms with Gasteiger partial charge in [0.1, 0.15) is 11.1 Å². The molecule has 0 aliphatic carbocycles. The largest absolute Gasteiger partial charge is 0.438 e. The number of amides is 1. The van der Waals surface area contributed by atoms with Crippen molar-refractivity contribution in [2.75, 3.05) is 5.32 Å². The van der Waals surface area contributed by atoms with Crippen LogP contribution in [0.25, 0.3) is 11.0 Å². The van der Waals surface area contributed by atoms with Crippen LogP contribution in [0.3, 0.4) is 0 Å². The Morgan fingerprint density at radius 3 is 2.43 bits per heavy atom. The zero-order valence-electron chi connectivity index (χ0n) is 14.5. The molecule has 6 heteroatoms. The number of anilines is 1. The number of hydrogen-bond donors (Lipinski definition) is 1. The molecule has 4 nitrogen and oxygen atoms in total. The van der Waals surface area contributed by atoms with Gasteiger partial charge in [0.25, 0.3) is 5.91 Å². The van der Waals surface area contributed by atoms with Gasteiger partial charge in [0.15, 0.2) is 0 Å². The van der Waals surface area contributed by atoms with Crippen LogP contribution in [0.2, 0.25) is 10.0 Å². The average Bonchev–Trinajstić information content (AvgIpc) is 2.70. The van der Waals surface area contributed by atoms with Crippen LogP contribution in [0.4, 0.5) is 11.4 Å². The van der Waals surface area contributed by atoms with Crippen molar-refractivity contribution in [1.82, 2.24) is 0 Å². The van der Waals surface area contributed by atoms with E-state index in [0.717, 1.165) is 5.39 Å². The minimum Gasteiger partial charge on any atom is -0.438 e.